The van der Waals surface area contributed by atoms with Crippen LogP contribution in [0.3, 0.4) is 0 Å². The van der Waals surface area contributed by atoms with Crippen LogP contribution >= 0.6 is 11.3 Å². The average Bonchev–Trinajstić information content (AvgIpc) is 3.45. The van der Waals surface area contributed by atoms with Crippen molar-refractivity contribution in [2.24, 2.45) is 0 Å². The lowest BCUT2D eigenvalue weighted by Gasteiger charge is -2.39. The highest BCUT2D eigenvalue weighted by Crippen LogP contribution is 2.40. The third-order valence-corrected chi connectivity index (χ3v) is 6.16. The van der Waals surface area contributed by atoms with Crippen molar-refractivity contribution < 1.29 is 13.9 Å². The third-order valence-electron chi connectivity index (χ3n) is 5.07. The minimum atomic E-state index is -0.230. The molecule has 0 radical (unpaired) electrons. The number of halogens is 1. The quantitative estimate of drug-likeness (QED) is 0.569. The Morgan fingerprint density at radius 3 is 2.57 bits per heavy atom. The van der Waals surface area contributed by atoms with Crippen LogP contribution in [0.1, 0.15) is 16.7 Å². The highest BCUT2D eigenvalue weighted by atomic mass is 32.1. The maximum Gasteiger partial charge on any atom is 0.230 e. The Hall–Kier alpha value is -2.91. The second-order valence-corrected chi connectivity index (χ2v) is 7.67. The molecule has 144 valence electrons. The van der Waals surface area contributed by atoms with E-state index in [1.165, 1.54) is 34.3 Å². The molecule has 1 fully saturated rings. The van der Waals surface area contributed by atoms with E-state index in [-0.39, 0.29) is 17.7 Å². The molecular formula is C19H18FN5O2S. The molecule has 1 aromatic carbocycles. The molecule has 1 saturated heterocycles. The van der Waals surface area contributed by atoms with Crippen LogP contribution in [0.5, 0.6) is 5.88 Å². The largest absolute Gasteiger partial charge is 0.492 e. The summed E-state index contributed by atoms with van der Waals surface area (Å²) < 4.78 is 20.3. The van der Waals surface area contributed by atoms with Crippen LogP contribution in [0.25, 0.3) is 4.96 Å². The van der Waals surface area contributed by atoms with Gasteiger partial charge in [0.15, 0.2) is 0 Å². The average molecular weight is 399 g/mol. The number of aromatic nitrogens is 3. The Bertz CT molecular complexity index is 1070. The highest BCUT2D eigenvalue weighted by Gasteiger charge is 2.33. The molecule has 4 aromatic rings. The second-order valence-electron chi connectivity index (χ2n) is 6.66. The lowest BCUT2D eigenvalue weighted by molar-refractivity contribution is 0.191. The SMILES string of the molecule is Oc1c([C@H](c2ccco2)N2CCN(c3ccc(F)cc3)CC2)sc2ncnn12. The van der Waals surface area contributed by atoms with Gasteiger partial charge in [0.2, 0.25) is 10.8 Å². The fourth-order valence-corrected chi connectivity index (χ4v) is 4.76. The molecule has 1 N–H and O–H groups in total. The van der Waals surface area contributed by atoms with Gasteiger partial charge in [-0.1, -0.05) is 11.3 Å². The minimum absolute atomic E-state index is 0.0971. The van der Waals surface area contributed by atoms with Crippen molar-refractivity contribution in [1.82, 2.24) is 19.5 Å². The Morgan fingerprint density at radius 1 is 1.11 bits per heavy atom. The minimum Gasteiger partial charge on any atom is -0.492 e. The number of benzene rings is 1. The molecule has 0 saturated carbocycles. The van der Waals surface area contributed by atoms with Crippen LogP contribution in [0, 0.1) is 5.82 Å². The van der Waals surface area contributed by atoms with Crippen LogP contribution < -0.4 is 4.90 Å². The Morgan fingerprint density at radius 2 is 1.89 bits per heavy atom. The van der Waals surface area contributed by atoms with Gasteiger partial charge in [-0.05, 0) is 36.4 Å². The maximum atomic E-state index is 13.2. The molecule has 4 heterocycles. The first kappa shape index (κ1) is 17.2. The fraction of sp³-hybridized carbons (Fsp3) is 0.263. The number of rotatable bonds is 4. The fourth-order valence-electron chi connectivity index (χ4n) is 3.68. The van der Waals surface area contributed by atoms with Gasteiger partial charge in [-0.25, -0.2) is 9.37 Å². The number of furan rings is 1. The first-order chi connectivity index (χ1) is 13.7. The van der Waals surface area contributed by atoms with Crippen LogP contribution in [0.15, 0.2) is 53.4 Å². The summed E-state index contributed by atoms with van der Waals surface area (Å²) >= 11 is 1.41. The molecule has 7 nitrogen and oxygen atoms in total. The molecule has 1 aliphatic rings. The number of piperazine rings is 1. The lowest BCUT2D eigenvalue weighted by Crippen LogP contribution is -2.47. The summed E-state index contributed by atoms with van der Waals surface area (Å²) in [7, 11) is 0. The number of aromatic hydroxyl groups is 1. The van der Waals surface area contributed by atoms with E-state index < -0.39 is 0 Å². The van der Waals surface area contributed by atoms with Gasteiger partial charge in [0.05, 0.1) is 11.1 Å². The van der Waals surface area contributed by atoms with E-state index >= 15 is 0 Å². The van der Waals surface area contributed by atoms with E-state index in [4.69, 9.17) is 4.42 Å². The summed E-state index contributed by atoms with van der Waals surface area (Å²) in [6.45, 7) is 3.14. The van der Waals surface area contributed by atoms with Crippen LogP contribution in [0.4, 0.5) is 10.1 Å². The normalized spacial score (nSPS) is 16.7. The molecule has 0 spiro atoms. The smallest absolute Gasteiger partial charge is 0.230 e. The zero-order valence-electron chi connectivity index (χ0n) is 14.9. The van der Waals surface area contributed by atoms with Gasteiger partial charge < -0.3 is 14.4 Å². The summed E-state index contributed by atoms with van der Waals surface area (Å²) in [5, 5.41) is 14.8. The zero-order valence-corrected chi connectivity index (χ0v) is 15.7. The van der Waals surface area contributed by atoms with Crippen LogP contribution in [0.2, 0.25) is 0 Å². The number of fused-ring (bicyclic) bond motifs is 1. The van der Waals surface area contributed by atoms with Gasteiger partial charge in [0, 0.05) is 31.9 Å². The summed E-state index contributed by atoms with van der Waals surface area (Å²) in [5.74, 6) is 0.641. The number of anilines is 1. The van der Waals surface area contributed by atoms with Crippen molar-refractivity contribution >= 4 is 22.0 Å². The molecule has 0 unspecified atom stereocenters. The maximum absolute atomic E-state index is 13.2. The summed E-state index contributed by atoms with van der Waals surface area (Å²) in [6.07, 6.45) is 3.07. The number of nitrogens with zero attached hydrogens (tertiary/aromatic N) is 5. The molecule has 9 heteroatoms. The third kappa shape index (κ3) is 2.92. The van der Waals surface area contributed by atoms with Crippen LogP contribution in [-0.2, 0) is 0 Å². The van der Waals surface area contributed by atoms with E-state index in [9.17, 15) is 9.50 Å². The Balaban J connectivity index is 1.42. The van der Waals surface area contributed by atoms with Gasteiger partial charge in [-0.3, -0.25) is 4.90 Å². The molecular weight excluding hydrogens is 381 g/mol. The first-order valence-electron chi connectivity index (χ1n) is 9.00. The summed E-state index contributed by atoms with van der Waals surface area (Å²) in [4.78, 5) is 10.1. The lowest BCUT2D eigenvalue weighted by atomic mass is 10.1. The van der Waals surface area contributed by atoms with Crippen molar-refractivity contribution in [3.8, 4) is 5.88 Å². The van der Waals surface area contributed by atoms with Crippen molar-refractivity contribution in [2.45, 2.75) is 6.04 Å². The van der Waals surface area contributed by atoms with E-state index in [0.717, 1.165) is 42.5 Å². The summed E-state index contributed by atoms with van der Waals surface area (Å²) in [5.41, 5.74) is 1.01. The van der Waals surface area contributed by atoms with Crippen molar-refractivity contribution in [1.29, 1.82) is 0 Å². The molecule has 1 atom stereocenters. The van der Waals surface area contributed by atoms with E-state index in [1.807, 2.05) is 12.1 Å². The number of hydrogen-bond acceptors (Lipinski definition) is 7. The van der Waals surface area contributed by atoms with Crippen molar-refractivity contribution in [2.75, 3.05) is 31.1 Å². The molecule has 28 heavy (non-hydrogen) atoms. The number of hydrogen-bond donors (Lipinski definition) is 1. The monoisotopic (exact) mass is 399 g/mol. The van der Waals surface area contributed by atoms with Crippen LogP contribution in [-0.4, -0.2) is 50.8 Å². The molecule has 1 aliphatic heterocycles. The van der Waals surface area contributed by atoms with Gasteiger partial charge in [-0.2, -0.15) is 9.61 Å². The topological polar surface area (TPSA) is 70.0 Å². The summed E-state index contributed by atoms with van der Waals surface area (Å²) in [6, 6.07) is 10.2. The molecule has 3 aromatic heterocycles. The van der Waals surface area contributed by atoms with E-state index in [2.05, 4.69) is 19.9 Å². The van der Waals surface area contributed by atoms with Gasteiger partial charge in [0.25, 0.3) is 0 Å². The Labute approximate surface area is 164 Å². The standard InChI is InChI=1S/C19H18FN5O2S/c20-13-3-5-14(6-4-13)23-7-9-24(10-8-23)16(15-2-1-11-27-15)17-18(26)25-19(28-17)21-12-22-25/h1-6,11-12,16,26H,7-10H2/t16-/m0/s1. The van der Waals surface area contributed by atoms with Gasteiger partial charge in [0.1, 0.15) is 23.9 Å². The van der Waals surface area contributed by atoms with Gasteiger partial charge in [-0.15, -0.1) is 0 Å². The second kappa shape index (κ2) is 6.92. The first-order valence-corrected chi connectivity index (χ1v) is 9.82. The van der Waals surface area contributed by atoms with E-state index in [1.54, 1.807) is 18.4 Å². The predicted octanol–water partition coefficient (Wildman–Crippen LogP) is 3.14. The Kier molecular flexibility index (Phi) is 4.25. The van der Waals surface area contributed by atoms with E-state index in [0.29, 0.717) is 4.96 Å². The number of thiazole rings is 1. The molecule has 0 aliphatic carbocycles. The van der Waals surface area contributed by atoms with Gasteiger partial charge >= 0.3 is 0 Å². The predicted molar refractivity (Wildman–Crippen MR) is 103 cm³/mol. The molecule has 0 bridgehead atoms. The molecule has 5 rings (SSSR count). The zero-order chi connectivity index (χ0) is 19.1. The molecule has 0 amide bonds. The van der Waals surface area contributed by atoms with Crippen molar-refractivity contribution in [3.63, 3.8) is 0 Å². The van der Waals surface area contributed by atoms with Crippen molar-refractivity contribution in [3.05, 3.63) is 65.4 Å². The highest BCUT2D eigenvalue weighted by molar-refractivity contribution is 7.17.